The van der Waals surface area contributed by atoms with Crippen molar-refractivity contribution in [2.45, 2.75) is 19.3 Å². The molecule has 1 amide bonds. The van der Waals surface area contributed by atoms with Crippen molar-refractivity contribution in [3.8, 4) is 11.1 Å². The van der Waals surface area contributed by atoms with Gasteiger partial charge in [0, 0.05) is 60.9 Å². The first-order valence-electron chi connectivity index (χ1n) is 11.9. The third-order valence-corrected chi connectivity index (χ3v) is 6.53. The minimum atomic E-state index is -4.48. The van der Waals surface area contributed by atoms with Gasteiger partial charge in [0.15, 0.2) is 0 Å². The largest absolute Gasteiger partial charge is 0.416 e. The van der Waals surface area contributed by atoms with Crippen LogP contribution in [0.15, 0.2) is 79.3 Å². The fourth-order valence-corrected chi connectivity index (χ4v) is 4.55. The molecule has 1 aliphatic heterocycles. The molecular weight excluding hydrogens is 515 g/mol. The molecule has 0 unspecified atom stereocenters. The topological polar surface area (TPSA) is 70.2 Å². The third-order valence-electron chi connectivity index (χ3n) is 6.30. The van der Waals surface area contributed by atoms with E-state index in [0.29, 0.717) is 36.7 Å². The summed E-state index contributed by atoms with van der Waals surface area (Å²) in [6.07, 6.45) is 0.561. The van der Waals surface area contributed by atoms with Crippen LogP contribution in [-0.4, -0.2) is 29.0 Å². The number of hydrogen-bond acceptors (Lipinski definition) is 5. The van der Waals surface area contributed by atoms with E-state index in [-0.39, 0.29) is 23.0 Å². The van der Waals surface area contributed by atoms with Gasteiger partial charge < -0.3 is 15.5 Å². The molecule has 194 valence electrons. The van der Waals surface area contributed by atoms with Gasteiger partial charge in [0.1, 0.15) is 5.82 Å². The number of alkyl halides is 3. The standard InChI is InChI=1S/C28H23ClF3N5O/c29-23-5-6-24(28(30,31)32)22(13-23)17-37-12-11-34-26-25(37)14-21(16-35-26)19-1-3-20(4-2-19)27(38)36-15-18-7-9-33-10-8-18/h1-10,13-14,16H,11-12,15,17H2,(H,34,35)(H,36,38). The molecule has 0 fully saturated rings. The minimum Gasteiger partial charge on any atom is -0.367 e. The molecule has 0 saturated carbocycles. The summed E-state index contributed by atoms with van der Waals surface area (Å²) in [6.45, 7) is 1.47. The second-order valence-electron chi connectivity index (χ2n) is 8.85. The molecule has 6 nitrogen and oxygen atoms in total. The highest BCUT2D eigenvalue weighted by molar-refractivity contribution is 6.30. The first kappa shape index (κ1) is 25.5. The van der Waals surface area contributed by atoms with Crippen LogP contribution in [0, 0.1) is 0 Å². The summed E-state index contributed by atoms with van der Waals surface area (Å²) in [5.74, 6) is 0.400. The summed E-state index contributed by atoms with van der Waals surface area (Å²) in [5, 5.41) is 6.34. The molecule has 0 aliphatic carbocycles. The zero-order chi connectivity index (χ0) is 26.7. The monoisotopic (exact) mass is 537 g/mol. The molecule has 0 bridgehead atoms. The number of pyridine rings is 2. The zero-order valence-electron chi connectivity index (χ0n) is 20.1. The van der Waals surface area contributed by atoms with Gasteiger partial charge in [-0.2, -0.15) is 13.2 Å². The van der Waals surface area contributed by atoms with Crippen molar-refractivity contribution in [2.24, 2.45) is 0 Å². The van der Waals surface area contributed by atoms with Crippen LogP contribution >= 0.6 is 11.6 Å². The Morgan fingerprint density at radius 1 is 1.03 bits per heavy atom. The highest BCUT2D eigenvalue weighted by Gasteiger charge is 2.34. The third kappa shape index (κ3) is 5.73. The van der Waals surface area contributed by atoms with E-state index in [2.05, 4.69) is 20.6 Å². The second-order valence-corrected chi connectivity index (χ2v) is 9.29. The second kappa shape index (κ2) is 10.7. The molecule has 3 heterocycles. The number of halogens is 4. The molecule has 1 aliphatic rings. The van der Waals surface area contributed by atoms with Gasteiger partial charge in [-0.15, -0.1) is 0 Å². The molecule has 4 aromatic rings. The fraction of sp³-hybridized carbons (Fsp3) is 0.179. The van der Waals surface area contributed by atoms with Gasteiger partial charge >= 0.3 is 6.18 Å². The molecule has 38 heavy (non-hydrogen) atoms. The van der Waals surface area contributed by atoms with Crippen LogP contribution in [0.25, 0.3) is 11.1 Å². The number of rotatable bonds is 6. The van der Waals surface area contributed by atoms with Crippen LogP contribution in [0.3, 0.4) is 0 Å². The molecule has 0 spiro atoms. The summed E-state index contributed by atoms with van der Waals surface area (Å²) < 4.78 is 40.9. The lowest BCUT2D eigenvalue weighted by atomic mass is 10.0. The quantitative estimate of drug-likeness (QED) is 0.307. The molecular formula is C28H23ClF3N5O. The average Bonchev–Trinajstić information content (AvgIpc) is 2.92. The molecule has 2 aromatic heterocycles. The number of aromatic nitrogens is 2. The Hall–Kier alpha value is -4.11. The van der Waals surface area contributed by atoms with Crippen LogP contribution < -0.4 is 15.5 Å². The zero-order valence-corrected chi connectivity index (χ0v) is 20.9. The first-order chi connectivity index (χ1) is 18.3. The molecule has 0 radical (unpaired) electrons. The minimum absolute atomic E-state index is 0.0335. The van der Waals surface area contributed by atoms with E-state index in [4.69, 9.17) is 11.6 Å². The Labute approximate surface area is 222 Å². The van der Waals surface area contributed by atoms with Crippen LogP contribution in [0.1, 0.15) is 27.0 Å². The lowest BCUT2D eigenvalue weighted by Crippen LogP contribution is -2.34. The predicted molar refractivity (Wildman–Crippen MR) is 141 cm³/mol. The summed E-state index contributed by atoms with van der Waals surface area (Å²) in [7, 11) is 0. The highest BCUT2D eigenvalue weighted by Crippen LogP contribution is 2.37. The van der Waals surface area contributed by atoms with Crippen molar-refractivity contribution in [1.29, 1.82) is 0 Å². The van der Waals surface area contributed by atoms with Crippen LogP contribution in [-0.2, 0) is 19.3 Å². The number of anilines is 2. The number of nitrogens with zero attached hydrogens (tertiary/aromatic N) is 3. The van der Waals surface area contributed by atoms with Gasteiger partial charge in [-0.1, -0.05) is 23.7 Å². The van der Waals surface area contributed by atoms with Gasteiger partial charge in [0.05, 0.1) is 11.3 Å². The van der Waals surface area contributed by atoms with Crippen molar-refractivity contribution in [2.75, 3.05) is 23.3 Å². The molecule has 0 atom stereocenters. The number of hydrogen-bond donors (Lipinski definition) is 2. The van der Waals surface area contributed by atoms with Crippen molar-refractivity contribution < 1.29 is 18.0 Å². The number of nitrogens with one attached hydrogen (secondary N) is 2. The van der Waals surface area contributed by atoms with Crippen molar-refractivity contribution in [3.05, 3.63) is 107 Å². The number of carbonyl (C=O) groups is 1. The van der Waals surface area contributed by atoms with E-state index in [0.717, 1.165) is 22.8 Å². The van der Waals surface area contributed by atoms with Crippen molar-refractivity contribution in [3.63, 3.8) is 0 Å². The van der Waals surface area contributed by atoms with Gasteiger partial charge in [0.2, 0.25) is 0 Å². The molecule has 0 saturated heterocycles. The van der Waals surface area contributed by atoms with E-state index in [9.17, 15) is 18.0 Å². The van der Waals surface area contributed by atoms with Crippen LogP contribution in [0.5, 0.6) is 0 Å². The first-order valence-corrected chi connectivity index (χ1v) is 12.3. The molecule has 10 heteroatoms. The fourth-order valence-electron chi connectivity index (χ4n) is 4.36. The predicted octanol–water partition coefficient (Wildman–Crippen LogP) is 6.18. The highest BCUT2D eigenvalue weighted by atomic mass is 35.5. The van der Waals surface area contributed by atoms with E-state index in [1.54, 1.807) is 30.7 Å². The number of carbonyl (C=O) groups excluding carboxylic acids is 1. The Balaban J connectivity index is 1.35. The van der Waals surface area contributed by atoms with Gasteiger partial charge in [-0.05, 0) is 65.2 Å². The molecule has 5 rings (SSSR count). The Morgan fingerprint density at radius 3 is 2.53 bits per heavy atom. The summed E-state index contributed by atoms with van der Waals surface area (Å²) in [6, 6.07) is 16.3. The SMILES string of the molecule is O=C(NCc1ccncc1)c1ccc(-c2cnc3c(c2)N(Cc2cc(Cl)ccc2C(F)(F)F)CCN3)cc1. The van der Waals surface area contributed by atoms with E-state index in [1.807, 2.05) is 35.2 Å². The lowest BCUT2D eigenvalue weighted by molar-refractivity contribution is -0.138. The maximum Gasteiger partial charge on any atom is 0.416 e. The summed E-state index contributed by atoms with van der Waals surface area (Å²) in [4.78, 5) is 22.9. The summed E-state index contributed by atoms with van der Waals surface area (Å²) in [5.41, 5.74) is 3.16. The van der Waals surface area contributed by atoms with Crippen LogP contribution in [0.2, 0.25) is 5.02 Å². The Bertz CT molecular complexity index is 1450. The van der Waals surface area contributed by atoms with Gasteiger partial charge in [-0.25, -0.2) is 4.98 Å². The average molecular weight is 538 g/mol. The van der Waals surface area contributed by atoms with E-state index in [1.165, 1.54) is 12.1 Å². The molecule has 2 N–H and O–H groups in total. The maximum atomic E-state index is 13.6. The molecule has 2 aromatic carbocycles. The number of amides is 1. The van der Waals surface area contributed by atoms with Crippen LogP contribution in [0.4, 0.5) is 24.7 Å². The normalized spacial score (nSPS) is 13.0. The number of fused-ring (bicyclic) bond motifs is 1. The van der Waals surface area contributed by atoms with Crippen molar-refractivity contribution in [1.82, 2.24) is 15.3 Å². The Kier molecular flexibility index (Phi) is 7.20. The maximum absolute atomic E-state index is 13.6. The lowest BCUT2D eigenvalue weighted by Gasteiger charge is -2.32. The van der Waals surface area contributed by atoms with Crippen molar-refractivity contribution >= 4 is 29.0 Å². The number of benzene rings is 2. The Morgan fingerprint density at radius 2 is 1.79 bits per heavy atom. The van der Waals surface area contributed by atoms with E-state index < -0.39 is 11.7 Å². The van der Waals surface area contributed by atoms with E-state index >= 15 is 0 Å². The van der Waals surface area contributed by atoms with Gasteiger partial charge in [0.25, 0.3) is 5.91 Å². The smallest absolute Gasteiger partial charge is 0.367 e. The summed E-state index contributed by atoms with van der Waals surface area (Å²) >= 11 is 6.03. The van der Waals surface area contributed by atoms with Gasteiger partial charge in [-0.3, -0.25) is 9.78 Å².